The Morgan fingerprint density at radius 2 is 1.96 bits per heavy atom. The van der Waals surface area contributed by atoms with Crippen LogP contribution in [0, 0.1) is 0 Å². The normalized spacial score (nSPS) is 23.1. The third kappa shape index (κ3) is 3.33. The molecule has 3 rings (SSSR count). The van der Waals surface area contributed by atoms with E-state index in [4.69, 9.17) is 11.6 Å². The molecule has 2 amide bonds. The average molecular weight is 400 g/mol. The summed E-state index contributed by atoms with van der Waals surface area (Å²) in [6.07, 6.45) is 1.90. The lowest BCUT2D eigenvalue weighted by Crippen LogP contribution is -2.59. The Morgan fingerprint density at radius 1 is 1.31 bits per heavy atom. The molecule has 1 aromatic rings. The fourth-order valence-corrected chi connectivity index (χ4v) is 5.19. The lowest BCUT2D eigenvalue weighted by atomic mass is 9.95. The minimum atomic E-state index is -3.62. The quantitative estimate of drug-likeness (QED) is 0.778. The summed E-state index contributed by atoms with van der Waals surface area (Å²) in [5, 5.41) is 6.21. The van der Waals surface area contributed by atoms with Crippen molar-refractivity contribution in [2.24, 2.45) is 0 Å². The molecule has 0 spiro atoms. The standard InChI is InChI=1S/C17H22ClN3O4S/c1-26(24,25)17(7-9-19-10-8-17)16(23)20-13-6-11-21(15(13)22)14-5-3-2-4-12(14)18/h2-5,13,19H,6-11H2,1H3,(H,20,23). The number of sulfone groups is 1. The van der Waals surface area contributed by atoms with Crippen molar-refractivity contribution in [1.82, 2.24) is 10.6 Å². The zero-order valence-electron chi connectivity index (χ0n) is 14.5. The highest BCUT2D eigenvalue weighted by molar-refractivity contribution is 7.92. The van der Waals surface area contributed by atoms with Crippen molar-refractivity contribution in [2.75, 3.05) is 30.8 Å². The number of hydrogen-bond donors (Lipinski definition) is 2. The molecule has 7 nitrogen and oxygen atoms in total. The Labute approximate surface area is 158 Å². The summed E-state index contributed by atoms with van der Waals surface area (Å²) in [6.45, 7) is 1.32. The number of carbonyl (C=O) groups excluding carboxylic acids is 2. The van der Waals surface area contributed by atoms with Crippen molar-refractivity contribution in [3.8, 4) is 0 Å². The second-order valence-electron chi connectivity index (χ2n) is 6.77. The zero-order chi connectivity index (χ0) is 18.9. The Balaban J connectivity index is 1.78. The summed E-state index contributed by atoms with van der Waals surface area (Å²) in [5.74, 6) is -0.857. The van der Waals surface area contributed by atoms with Gasteiger partial charge in [0.15, 0.2) is 14.6 Å². The van der Waals surface area contributed by atoms with Crippen LogP contribution in [0.1, 0.15) is 19.3 Å². The fourth-order valence-electron chi connectivity index (χ4n) is 3.61. The van der Waals surface area contributed by atoms with Crippen LogP contribution in [-0.4, -0.2) is 56.9 Å². The number of carbonyl (C=O) groups is 2. The molecule has 2 aliphatic heterocycles. The van der Waals surface area contributed by atoms with Crippen LogP contribution < -0.4 is 15.5 Å². The molecule has 2 N–H and O–H groups in total. The number of nitrogens with zero attached hydrogens (tertiary/aromatic N) is 1. The van der Waals surface area contributed by atoms with Gasteiger partial charge in [0.1, 0.15) is 6.04 Å². The first-order valence-electron chi connectivity index (χ1n) is 8.53. The van der Waals surface area contributed by atoms with Gasteiger partial charge in [0, 0.05) is 12.8 Å². The first-order chi connectivity index (χ1) is 12.3. The molecular weight excluding hydrogens is 378 g/mol. The molecule has 1 aromatic carbocycles. The number of piperidine rings is 1. The maximum absolute atomic E-state index is 12.9. The highest BCUT2D eigenvalue weighted by Gasteiger charge is 2.50. The summed E-state index contributed by atoms with van der Waals surface area (Å²) in [7, 11) is -3.62. The largest absolute Gasteiger partial charge is 0.343 e. The van der Waals surface area contributed by atoms with Gasteiger partial charge in [0.05, 0.1) is 10.7 Å². The monoisotopic (exact) mass is 399 g/mol. The van der Waals surface area contributed by atoms with E-state index in [9.17, 15) is 18.0 Å². The van der Waals surface area contributed by atoms with E-state index < -0.39 is 26.5 Å². The highest BCUT2D eigenvalue weighted by atomic mass is 35.5. The third-order valence-corrected chi connectivity index (χ3v) is 7.52. The van der Waals surface area contributed by atoms with Crippen LogP contribution in [0.5, 0.6) is 0 Å². The van der Waals surface area contributed by atoms with Gasteiger partial charge in [-0.25, -0.2) is 8.42 Å². The third-order valence-electron chi connectivity index (χ3n) is 5.19. The maximum atomic E-state index is 12.9. The Morgan fingerprint density at radius 3 is 2.58 bits per heavy atom. The number of nitrogens with one attached hydrogen (secondary N) is 2. The Bertz CT molecular complexity index is 821. The molecule has 2 fully saturated rings. The Kier molecular flexibility index (Phi) is 5.28. The minimum absolute atomic E-state index is 0.201. The fraction of sp³-hybridized carbons (Fsp3) is 0.529. The first kappa shape index (κ1) is 19.1. The van der Waals surface area contributed by atoms with Crippen LogP contribution in [0.3, 0.4) is 0 Å². The molecule has 0 saturated carbocycles. The van der Waals surface area contributed by atoms with Gasteiger partial charge in [-0.3, -0.25) is 9.59 Å². The number of rotatable bonds is 4. The predicted octanol–water partition coefficient (Wildman–Crippen LogP) is 0.728. The van der Waals surface area contributed by atoms with E-state index in [1.54, 1.807) is 24.3 Å². The number of amides is 2. The van der Waals surface area contributed by atoms with E-state index in [0.29, 0.717) is 36.8 Å². The van der Waals surface area contributed by atoms with E-state index in [-0.39, 0.29) is 18.7 Å². The second kappa shape index (κ2) is 7.17. The van der Waals surface area contributed by atoms with Crippen molar-refractivity contribution in [1.29, 1.82) is 0 Å². The zero-order valence-corrected chi connectivity index (χ0v) is 16.1. The summed E-state index contributed by atoms with van der Waals surface area (Å²) in [4.78, 5) is 27.1. The van der Waals surface area contributed by atoms with Gasteiger partial charge >= 0.3 is 0 Å². The van der Waals surface area contributed by atoms with Gasteiger partial charge in [0.2, 0.25) is 11.8 Å². The molecule has 9 heteroatoms. The van der Waals surface area contributed by atoms with Crippen LogP contribution in [-0.2, 0) is 19.4 Å². The van der Waals surface area contributed by atoms with E-state index in [1.165, 1.54) is 4.90 Å². The molecule has 0 radical (unpaired) electrons. The molecule has 2 heterocycles. The van der Waals surface area contributed by atoms with Crippen molar-refractivity contribution < 1.29 is 18.0 Å². The highest BCUT2D eigenvalue weighted by Crippen LogP contribution is 2.31. The van der Waals surface area contributed by atoms with E-state index in [1.807, 2.05) is 0 Å². The number of benzene rings is 1. The molecule has 142 valence electrons. The van der Waals surface area contributed by atoms with Gasteiger partial charge in [-0.2, -0.15) is 0 Å². The number of anilines is 1. The molecule has 0 aromatic heterocycles. The molecule has 2 saturated heterocycles. The summed E-state index contributed by atoms with van der Waals surface area (Å²) >= 11 is 6.16. The topological polar surface area (TPSA) is 95.6 Å². The number of para-hydroxylation sites is 1. The summed E-state index contributed by atoms with van der Waals surface area (Å²) in [6, 6.07) is 6.26. The van der Waals surface area contributed by atoms with Gasteiger partial charge in [-0.05, 0) is 44.5 Å². The molecule has 1 atom stereocenters. The van der Waals surface area contributed by atoms with Gasteiger partial charge in [-0.15, -0.1) is 0 Å². The van der Waals surface area contributed by atoms with Crippen LogP contribution in [0.2, 0.25) is 5.02 Å². The molecule has 0 aliphatic carbocycles. The predicted molar refractivity (Wildman–Crippen MR) is 100 cm³/mol. The summed E-state index contributed by atoms with van der Waals surface area (Å²) < 4.78 is 23.2. The molecule has 26 heavy (non-hydrogen) atoms. The number of halogens is 1. The van der Waals surface area contributed by atoms with E-state index in [2.05, 4.69) is 10.6 Å². The first-order valence-corrected chi connectivity index (χ1v) is 10.8. The molecular formula is C17H22ClN3O4S. The lowest BCUT2D eigenvalue weighted by Gasteiger charge is -2.35. The van der Waals surface area contributed by atoms with Crippen molar-refractivity contribution in [2.45, 2.75) is 30.1 Å². The Hall–Kier alpha value is -1.64. The van der Waals surface area contributed by atoms with Crippen molar-refractivity contribution in [3.05, 3.63) is 29.3 Å². The van der Waals surface area contributed by atoms with Gasteiger partial charge in [-0.1, -0.05) is 23.7 Å². The number of hydrogen-bond acceptors (Lipinski definition) is 5. The lowest BCUT2D eigenvalue weighted by molar-refractivity contribution is -0.128. The average Bonchev–Trinajstić information content (AvgIpc) is 2.95. The van der Waals surface area contributed by atoms with Gasteiger partial charge in [0.25, 0.3) is 0 Å². The van der Waals surface area contributed by atoms with Crippen LogP contribution >= 0.6 is 11.6 Å². The van der Waals surface area contributed by atoms with Crippen LogP contribution in [0.25, 0.3) is 0 Å². The summed E-state index contributed by atoms with van der Waals surface area (Å²) in [5.41, 5.74) is 0.593. The van der Waals surface area contributed by atoms with Gasteiger partial charge < -0.3 is 15.5 Å². The van der Waals surface area contributed by atoms with E-state index in [0.717, 1.165) is 6.26 Å². The maximum Gasteiger partial charge on any atom is 0.249 e. The smallest absolute Gasteiger partial charge is 0.249 e. The molecule has 2 aliphatic rings. The second-order valence-corrected chi connectivity index (χ2v) is 9.51. The van der Waals surface area contributed by atoms with Crippen molar-refractivity contribution >= 4 is 38.9 Å². The minimum Gasteiger partial charge on any atom is -0.343 e. The molecule has 1 unspecified atom stereocenters. The van der Waals surface area contributed by atoms with Crippen LogP contribution in [0.4, 0.5) is 5.69 Å². The van der Waals surface area contributed by atoms with Crippen molar-refractivity contribution in [3.63, 3.8) is 0 Å². The van der Waals surface area contributed by atoms with E-state index >= 15 is 0 Å². The molecule has 0 bridgehead atoms. The SMILES string of the molecule is CS(=O)(=O)C1(C(=O)NC2CCN(c3ccccc3Cl)C2=O)CCNCC1. The van der Waals surface area contributed by atoms with Crippen LogP contribution in [0.15, 0.2) is 24.3 Å².